The molecule has 0 unspecified atom stereocenters. The smallest absolute Gasteiger partial charge is 0.101 e. The van der Waals surface area contributed by atoms with E-state index in [1.807, 2.05) is 23.5 Å². The number of para-hydroxylation sites is 1. The van der Waals surface area contributed by atoms with E-state index in [4.69, 9.17) is 0 Å². The summed E-state index contributed by atoms with van der Waals surface area (Å²) in [6, 6.07) is 43.2. The highest BCUT2D eigenvalue weighted by molar-refractivity contribution is 7.26. The molecule has 0 saturated heterocycles. The van der Waals surface area contributed by atoms with Gasteiger partial charge in [-0.2, -0.15) is 5.26 Å². The van der Waals surface area contributed by atoms with Crippen molar-refractivity contribution >= 4 is 53.3 Å². The van der Waals surface area contributed by atoms with Gasteiger partial charge in [-0.25, -0.2) is 0 Å². The van der Waals surface area contributed by atoms with E-state index in [0.717, 1.165) is 27.9 Å². The minimum Gasteiger partial charge on any atom is -0.309 e. The van der Waals surface area contributed by atoms with Crippen LogP contribution in [-0.2, 0) is 0 Å². The Bertz CT molecular complexity index is 2300. The molecule has 3 aromatic heterocycles. The maximum absolute atomic E-state index is 9.60. The molecule has 0 N–H and O–H groups in total. The molecule has 0 aliphatic heterocycles. The van der Waals surface area contributed by atoms with Gasteiger partial charge < -0.3 is 4.57 Å². The van der Waals surface area contributed by atoms with Crippen molar-refractivity contribution in [1.29, 1.82) is 5.26 Å². The van der Waals surface area contributed by atoms with Crippen LogP contribution in [0.25, 0.3) is 69.9 Å². The number of nitriles is 1. The van der Waals surface area contributed by atoms with Crippen LogP contribution in [-0.4, -0.2) is 9.55 Å². The average molecular weight is 528 g/mol. The number of hydrogen-bond acceptors (Lipinski definition) is 3. The highest BCUT2D eigenvalue weighted by atomic mass is 32.1. The van der Waals surface area contributed by atoms with Gasteiger partial charge in [-0.1, -0.05) is 72.8 Å². The maximum atomic E-state index is 9.60. The largest absolute Gasteiger partial charge is 0.309 e. The second-order valence-electron chi connectivity index (χ2n) is 9.95. The highest BCUT2D eigenvalue weighted by Gasteiger charge is 2.17. The quantitative estimate of drug-likeness (QED) is 0.229. The summed E-state index contributed by atoms with van der Waals surface area (Å²) in [4.78, 5) is 4.12. The lowest BCUT2D eigenvalue weighted by Crippen LogP contribution is -1.94. The van der Waals surface area contributed by atoms with Crippen molar-refractivity contribution in [3.05, 3.63) is 133 Å². The van der Waals surface area contributed by atoms with Gasteiger partial charge in [-0.05, 0) is 59.2 Å². The topological polar surface area (TPSA) is 41.6 Å². The molecule has 4 heteroatoms. The van der Waals surface area contributed by atoms with E-state index in [-0.39, 0.29) is 0 Å². The third-order valence-electron chi connectivity index (χ3n) is 7.73. The summed E-state index contributed by atoms with van der Waals surface area (Å²) >= 11 is 1.88. The Hall–Kier alpha value is -5.24. The lowest BCUT2D eigenvalue weighted by Gasteiger charge is -2.11. The fourth-order valence-electron chi connectivity index (χ4n) is 5.94. The minimum absolute atomic E-state index is 0.575. The van der Waals surface area contributed by atoms with E-state index in [9.17, 15) is 5.26 Å². The van der Waals surface area contributed by atoms with Crippen molar-refractivity contribution in [2.75, 3.05) is 0 Å². The van der Waals surface area contributed by atoms with Crippen LogP contribution >= 0.6 is 11.3 Å². The molecule has 3 heterocycles. The van der Waals surface area contributed by atoms with E-state index < -0.39 is 0 Å². The molecular formula is C36H21N3S. The van der Waals surface area contributed by atoms with Crippen molar-refractivity contribution in [2.24, 2.45) is 0 Å². The number of rotatable bonds is 3. The summed E-state index contributed by atoms with van der Waals surface area (Å²) in [6.07, 6.45) is 3.36. The SMILES string of the molecule is N#Cc1cnccc1-c1cccc(-c2cccc(-n3c4ccccc4c4c5sc6ccccc6c5ccc43)c2)c1. The van der Waals surface area contributed by atoms with Gasteiger partial charge in [0.05, 0.1) is 16.6 Å². The van der Waals surface area contributed by atoms with Crippen LogP contribution in [0.1, 0.15) is 5.56 Å². The van der Waals surface area contributed by atoms with Gasteiger partial charge in [0.15, 0.2) is 0 Å². The Morgan fingerprint density at radius 3 is 2.33 bits per heavy atom. The molecule has 0 fully saturated rings. The standard InChI is InChI=1S/C36H21N3S/c37-21-26-22-38-18-17-28(26)25-9-5-7-23(19-25)24-8-6-10-27(20-24)39-32-13-3-1-12-31(32)35-33(39)16-15-30-29-11-2-4-14-34(29)40-36(30)35/h1-20,22H. The normalized spacial score (nSPS) is 11.5. The molecule has 0 spiro atoms. The first-order valence-corrected chi connectivity index (χ1v) is 14.0. The maximum Gasteiger partial charge on any atom is 0.101 e. The summed E-state index contributed by atoms with van der Waals surface area (Å²) in [5, 5.41) is 14.8. The van der Waals surface area contributed by atoms with Crippen molar-refractivity contribution in [2.45, 2.75) is 0 Å². The fourth-order valence-corrected chi connectivity index (χ4v) is 7.20. The lowest BCUT2D eigenvalue weighted by molar-refractivity contribution is 1.18. The van der Waals surface area contributed by atoms with Crippen molar-refractivity contribution < 1.29 is 0 Å². The van der Waals surface area contributed by atoms with E-state index in [0.29, 0.717) is 5.56 Å². The molecule has 0 saturated carbocycles. The van der Waals surface area contributed by atoms with Crippen LogP contribution in [0.4, 0.5) is 0 Å². The monoisotopic (exact) mass is 527 g/mol. The van der Waals surface area contributed by atoms with Crippen LogP contribution < -0.4 is 0 Å². The molecule has 8 rings (SSSR count). The number of aromatic nitrogens is 2. The number of nitrogens with zero attached hydrogens (tertiary/aromatic N) is 3. The Balaban J connectivity index is 1.34. The Labute approximate surface area is 234 Å². The predicted molar refractivity (Wildman–Crippen MR) is 167 cm³/mol. The number of pyridine rings is 1. The van der Waals surface area contributed by atoms with Crippen LogP contribution in [0.3, 0.4) is 0 Å². The highest BCUT2D eigenvalue weighted by Crippen LogP contribution is 2.43. The fraction of sp³-hybridized carbons (Fsp3) is 0. The molecule has 0 radical (unpaired) electrons. The average Bonchev–Trinajstić information content (AvgIpc) is 3.57. The third kappa shape index (κ3) is 3.39. The Kier molecular flexibility index (Phi) is 5.06. The van der Waals surface area contributed by atoms with E-state index >= 15 is 0 Å². The van der Waals surface area contributed by atoms with Crippen LogP contribution in [0.2, 0.25) is 0 Å². The second kappa shape index (κ2) is 8.91. The van der Waals surface area contributed by atoms with Crippen molar-refractivity contribution in [3.63, 3.8) is 0 Å². The molecule has 5 aromatic carbocycles. The van der Waals surface area contributed by atoms with Gasteiger partial charge in [0.2, 0.25) is 0 Å². The van der Waals surface area contributed by atoms with Gasteiger partial charge in [0.1, 0.15) is 6.07 Å². The molecule has 0 bridgehead atoms. The molecule has 3 nitrogen and oxygen atoms in total. The second-order valence-corrected chi connectivity index (χ2v) is 11.0. The number of fused-ring (bicyclic) bond motifs is 7. The summed E-state index contributed by atoms with van der Waals surface area (Å²) in [5.74, 6) is 0. The molecule has 0 amide bonds. The zero-order valence-corrected chi connectivity index (χ0v) is 22.2. The molecular weight excluding hydrogens is 506 g/mol. The molecule has 0 aliphatic rings. The van der Waals surface area contributed by atoms with E-state index in [1.54, 1.807) is 12.4 Å². The van der Waals surface area contributed by atoms with Gasteiger partial charge in [0.25, 0.3) is 0 Å². The Morgan fingerprint density at radius 1 is 0.650 bits per heavy atom. The summed E-state index contributed by atoms with van der Waals surface area (Å²) < 4.78 is 5.04. The first kappa shape index (κ1) is 22.7. The number of thiophene rings is 1. The van der Waals surface area contributed by atoms with Crippen LogP contribution in [0, 0.1) is 11.3 Å². The predicted octanol–water partition coefficient (Wildman–Crippen LogP) is 9.75. The first-order chi connectivity index (χ1) is 19.8. The number of benzene rings is 5. The number of hydrogen-bond donors (Lipinski definition) is 0. The van der Waals surface area contributed by atoms with Gasteiger partial charge in [0, 0.05) is 54.6 Å². The molecule has 0 aliphatic carbocycles. The van der Waals surface area contributed by atoms with E-state index in [2.05, 4.69) is 119 Å². The zero-order valence-electron chi connectivity index (χ0n) is 21.4. The van der Waals surface area contributed by atoms with Crippen molar-refractivity contribution in [3.8, 4) is 34.0 Å². The molecule has 0 atom stereocenters. The molecule has 8 aromatic rings. The molecule has 40 heavy (non-hydrogen) atoms. The summed E-state index contributed by atoms with van der Waals surface area (Å²) in [6.45, 7) is 0. The summed E-state index contributed by atoms with van der Waals surface area (Å²) in [5.41, 5.74) is 8.23. The lowest BCUT2D eigenvalue weighted by atomic mass is 9.97. The summed E-state index contributed by atoms with van der Waals surface area (Å²) in [7, 11) is 0. The third-order valence-corrected chi connectivity index (χ3v) is 8.94. The van der Waals surface area contributed by atoms with Gasteiger partial charge in [-0.15, -0.1) is 11.3 Å². The first-order valence-electron chi connectivity index (χ1n) is 13.2. The van der Waals surface area contributed by atoms with Gasteiger partial charge >= 0.3 is 0 Å². The zero-order chi connectivity index (χ0) is 26.6. The van der Waals surface area contributed by atoms with Crippen LogP contribution in [0.15, 0.2) is 128 Å². The van der Waals surface area contributed by atoms with Crippen LogP contribution in [0.5, 0.6) is 0 Å². The van der Waals surface area contributed by atoms with Crippen molar-refractivity contribution in [1.82, 2.24) is 9.55 Å². The molecule has 186 valence electrons. The van der Waals surface area contributed by atoms with E-state index in [1.165, 1.54) is 42.0 Å². The Morgan fingerprint density at radius 2 is 1.43 bits per heavy atom. The van der Waals surface area contributed by atoms with Gasteiger partial charge in [-0.3, -0.25) is 4.98 Å². The minimum atomic E-state index is 0.575.